The van der Waals surface area contributed by atoms with Gasteiger partial charge in [-0.05, 0) is 32.1 Å². The predicted octanol–water partition coefficient (Wildman–Crippen LogP) is 12.7. The number of hydrogen-bond donors (Lipinski definition) is 2. The molecule has 0 aliphatic carbocycles. The summed E-state index contributed by atoms with van der Waals surface area (Å²) in [5.74, 6) is -0.328. The summed E-state index contributed by atoms with van der Waals surface area (Å²) < 4.78 is 33.4. The maximum absolute atomic E-state index is 12.6. The Morgan fingerprint density at radius 1 is 0.569 bits per heavy atom. The molecule has 0 aliphatic rings. The first-order chi connectivity index (χ1) is 24.9. The predicted molar refractivity (Wildman–Crippen MR) is 215 cm³/mol. The molecule has 0 fully saturated rings. The second kappa shape index (κ2) is 40.4. The fraction of sp³-hybridized carbons (Fsp3) is 0.929. The van der Waals surface area contributed by atoms with Crippen LogP contribution in [0, 0.1) is 0 Å². The van der Waals surface area contributed by atoms with Crippen molar-refractivity contribution in [3.8, 4) is 0 Å². The van der Waals surface area contributed by atoms with E-state index in [1.165, 1.54) is 161 Å². The number of esters is 1. The van der Waals surface area contributed by atoms with Crippen LogP contribution >= 0.6 is 7.82 Å². The number of phosphoric ester groups is 1. The Kier molecular flexibility index (Phi) is 39.8. The van der Waals surface area contributed by atoms with E-state index in [4.69, 9.17) is 24.3 Å². The quantitative estimate of drug-likeness (QED) is 0.0274. The zero-order chi connectivity index (χ0) is 37.4. The van der Waals surface area contributed by atoms with Crippen molar-refractivity contribution in [1.29, 1.82) is 0 Å². The smallest absolute Gasteiger partial charge is 0.457 e. The first kappa shape index (κ1) is 50.2. The first-order valence-corrected chi connectivity index (χ1v) is 23.2. The van der Waals surface area contributed by atoms with Gasteiger partial charge in [-0.25, -0.2) is 4.57 Å². The highest BCUT2D eigenvalue weighted by Gasteiger charge is 2.25. The van der Waals surface area contributed by atoms with E-state index in [0.717, 1.165) is 32.1 Å². The molecule has 0 amide bonds. The number of ether oxygens (including phenoxy) is 2. The molecule has 0 bridgehead atoms. The minimum atomic E-state index is -4.27. The summed E-state index contributed by atoms with van der Waals surface area (Å²) in [5, 5.41) is 0. The minimum absolute atomic E-state index is 0.0934. The van der Waals surface area contributed by atoms with Crippen LogP contribution in [-0.2, 0) is 27.9 Å². The molecule has 0 rings (SSSR count). The van der Waals surface area contributed by atoms with Crippen molar-refractivity contribution >= 4 is 13.8 Å². The van der Waals surface area contributed by atoms with Gasteiger partial charge < -0.3 is 20.1 Å². The van der Waals surface area contributed by atoms with Gasteiger partial charge in [-0.15, -0.1) is 0 Å². The molecule has 0 aromatic rings. The van der Waals surface area contributed by atoms with Crippen molar-refractivity contribution in [1.82, 2.24) is 0 Å². The molecule has 0 aliphatic heterocycles. The van der Waals surface area contributed by atoms with Crippen LogP contribution in [-0.4, -0.2) is 49.9 Å². The summed E-state index contributed by atoms with van der Waals surface area (Å²) in [5.41, 5.74) is 5.36. The lowest BCUT2D eigenvalue weighted by Gasteiger charge is -2.20. The summed E-state index contributed by atoms with van der Waals surface area (Å²) in [6, 6.07) is 0. The average Bonchev–Trinajstić information content (AvgIpc) is 3.12. The fourth-order valence-corrected chi connectivity index (χ4v) is 6.98. The molecule has 0 saturated heterocycles. The third-order valence-electron chi connectivity index (χ3n) is 9.43. The zero-order valence-electron chi connectivity index (χ0n) is 33.6. The summed E-state index contributed by atoms with van der Waals surface area (Å²) in [6.07, 6.45) is 42.3. The Bertz CT molecular complexity index is 797. The molecule has 2 unspecified atom stereocenters. The number of phosphoric acid groups is 1. The van der Waals surface area contributed by atoms with Crippen molar-refractivity contribution in [2.24, 2.45) is 5.73 Å². The third kappa shape index (κ3) is 40.3. The number of nitrogens with two attached hydrogens (primary N) is 1. The molecule has 304 valence electrons. The van der Waals surface area contributed by atoms with Crippen LogP contribution in [0.15, 0.2) is 12.2 Å². The average molecular weight is 746 g/mol. The standard InChI is InChI=1S/C42H84NO7P/c1-3-5-7-9-11-13-15-17-18-19-20-21-22-23-24-25-27-29-31-33-35-42(44)50-41(40-49-51(45,46)48-38-36-43)39-47-37-34-32-30-28-26-16-14-12-10-8-6-4-2/h10,12,41H,3-9,11,13-40,43H2,1-2H3,(H,45,46)/b12-10-. The zero-order valence-corrected chi connectivity index (χ0v) is 34.5. The fourth-order valence-electron chi connectivity index (χ4n) is 6.21. The first-order valence-electron chi connectivity index (χ1n) is 21.7. The highest BCUT2D eigenvalue weighted by atomic mass is 31.2. The van der Waals surface area contributed by atoms with E-state index in [9.17, 15) is 14.3 Å². The highest BCUT2D eigenvalue weighted by Crippen LogP contribution is 2.43. The Balaban J connectivity index is 3.95. The normalized spacial score (nSPS) is 13.6. The monoisotopic (exact) mass is 746 g/mol. The van der Waals surface area contributed by atoms with Crippen molar-refractivity contribution in [2.45, 2.75) is 219 Å². The number of carbonyl (C=O) groups is 1. The van der Waals surface area contributed by atoms with Gasteiger partial charge in [0, 0.05) is 19.6 Å². The second-order valence-corrected chi connectivity index (χ2v) is 16.0. The van der Waals surface area contributed by atoms with E-state index >= 15 is 0 Å². The Labute approximate surface area is 315 Å². The molecule has 2 atom stereocenters. The number of unbranched alkanes of at least 4 members (excludes halogenated alkanes) is 27. The lowest BCUT2D eigenvalue weighted by atomic mass is 10.0. The van der Waals surface area contributed by atoms with Crippen LogP contribution in [0.5, 0.6) is 0 Å². The number of rotatable bonds is 42. The maximum atomic E-state index is 12.6. The van der Waals surface area contributed by atoms with Gasteiger partial charge in [0.15, 0.2) is 0 Å². The number of carbonyl (C=O) groups excluding carboxylic acids is 1. The topological polar surface area (TPSA) is 117 Å². The molecule has 0 aromatic heterocycles. The SMILES string of the molecule is CCCC/C=C\CCCCCCCCOCC(COP(=O)(O)OCCN)OC(=O)CCCCCCCCCCCCCCCCCCCCCC. The van der Waals surface area contributed by atoms with E-state index in [1.807, 2.05) is 0 Å². The molecule has 0 heterocycles. The van der Waals surface area contributed by atoms with Crippen LogP contribution in [0.4, 0.5) is 0 Å². The third-order valence-corrected chi connectivity index (χ3v) is 10.4. The lowest BCUT2D eigenvalue weighted by molar-refractivity contribution is -0.154. The molecular weight excluding hydrogens is 661 g/mol. The molecular formula is C42H84NO7P. The number of hydrogen-bond acceptors (Lipinski definition) is 7. The Morgan fingerprint density at radius 2 is 1.00 bits per heavy atom. The van der Waals surface area contributed by atoms with Gasteiger partial charge in [0.2, 0.25) is 0 Å². The maximum Gasteiger partial charge on any atom is 0.472 e. The molecule has 51 heavy (non-hydrogen) atoms. The van der Waals surface area contributed by atoms with Crippen LogP contribution < -0.4 is 5.73 Å². The van der Waals surface area contributed by atoms with Crippen LogP contribution in [0.3, 0.4) is 0 Å². The van der Waals surface area contributed by atoms with Gasteiger partial charge >= 0.3 is 13.8 Å². The van der Waals surface area contributed by atoms with Crippen molar-refractivity contribution < 1.29 is 32.8 Å². The van der Waals surface area contributed by atoms with Gasteiger partial charge in [-0.1, -0.05) is 187 Å². The van der Waals surface area contributed by atoms with E-state index in [2.05, 4.69) is 26.0 Å². The van der Waals surface area contributed by atoms with Gasteiger partial charge in [-0.3, -0.25) is 13.8 Å². The number of allylic oxidation sites excluding steroid dienone is 2. The van der Waals surface area contributed by atoms with E-state index in [-0.39, 0.29) is 32.3 Å². The van der Waals surface area contributed by atoms with E-state index in [0.29, 0.717) is 13.0 Å². The van der Waals surface area contributed by atoms with E-state index < -0.39 is 13.9 Å². The van der Waals surface area contributed by atoms with Crippen LogP contribution in [0.25, 0.3) is 0 Å². The summed E-state index contributed by atoms with van der Waals surface area (Å²) in [6.45, 7) is 4.91. The largest absolute Gasteiger partial charge is 0.472 e. The molecule has 9 heteroatoms. The minimum Gasteiger partial charge on any atom is -0.457 e. The van der Waals surface area contributed by atoms with Crippen molar-refractivity contribution in [3.63, 3.8) is 0 Å². The second-order valence-electron chi connectivity index (χ2n) is 14.6. The molecule has 0 aromatic carbocycles. The van der Waals surface area contributed by atoms with Gasteiger partial charge in [0.25, 0.3) is 0 Å². The van der Waals surface area contributed by atoms with Crippen LogP contribution in [0.1, 0.15) is 213 Å². The Morgan fingerprint density at radius 3 is 1.49 bits per heavy atom. The van der Waals surface area contributed by atoms with E-state index in [1.54, 1.807) is 0 Å². The summed E-state index contributed by atoms with van der Waals surface area (Å²) in [4.78, 5) is 22.4. The van der Waals surface area contributed by atoms with Gasteiger partial charge in [-0.2, -0.15) is 0 Å². The molecule has 8 nitrogen and oxygen atoms in total. The highest BCUT2D eigenvalue weighted by molar-refractivity contribution is 7.47. The van der Waals surface area contributed by atoms with Gasteiger partial charge in [0.1, 0.15) is 6.10 Å². The summed E-state index contributed by atoms with van der Waals surface area (Å²) >= 11 is 0. The lowest BCUT2D eigenvalue weighted by Crippen LogP contribution is -2.28. The van der Waals surface area contributed by atoms with Crippen molar-refractivity contribution in [3.05, 3.63) is 12.2 Å². The van der Waals surface area contributed by atoms with Crippen LogP contribution in [0.2, 0.25) is 0 Å². The molecule has 0 spiro atoms. The summed E-state index contributed by atoms with van der Waals surface area (Å²) in [7, 11) is -4.27. The molecule has 0 radical (unpaired) electrons. The van der Waals surface area contributed by atoms with Gasteiger partial charge in [0.05, 0.1) is 19.8 Å². The molecule has 0 saturated carbocycles. The Hall–Kier alpha value is -0.760. The van der Waals surface area contributed by atoms with Crippen molar-refractivity contribution in [2.75, 3.05) is 33.0 Å². The molecule has 3 N–H and O–H groups in total.